The van der Waals surface area contributed by atoms with Gasteiger partial charge in [-0.2, -0.15) is 0 Å². The summed E-state index contributed by atoms with van der Waals surface area (Å²) in [5.74, 6) is -0.0944. The average molecular weight is 367 g/mol. The van der Waals surface area contributed by atoms with E-state index in [1.807, 2.05) is 13.8 Å². The molecular weight excluding hydrogens is 324 g/mol. The number of allylic oxidation sites excluding steroid dienone is 4. The highest BCUT2D eigenvalue weighted by molar-refractivity contribution is 5.69. The fourth-order valence-corrected chi connectivity index (χ4v) is 2.59. The number of ether oxygens (including phenoxy) is 2. The predicted octanol–water partition coefficient (Wildman–Crippen LogP) is 6.77. The molecule has 26 heavy (non-hydrogen) atoms. The summed E-state index contributed by atoms with van der Waals surface area (Å²) in [7, 11) is 0. The van der Waals surface area contributed by atoms with Gasteiger partial charge in [-0.3, -0.25) is 4.79 Å². The van der Waals surface area contributed by atoms with Crippen molar-refractivity contribution in [3.05, 3.63) is 24.3 Å². The fraction of sp³-hybridized carbons (Fsp3) is 0.783. The molecule has 0 fully saturated rings. The second-order valence-electron chi connectivity index (χ2n) is 7.12. The zero-order chi connectivity index (χ0) is 19.3. The average Bonchev–Trinajstić information content (AvgIpc) is 2.62. The number of esters is 1. The summed E-state index contributed by atoms with van der Waals surface area (Å²) >= 11 is 0. The van der Waals surface area contributed by atoms with Gasteiger partial charge in [0, 0.05) is 6.42 Å². The van der Waals surface area contributed by atoms with Crippen LogP contribution in [0.15, 0.2) is 24.3 Å². The maximum atomic E-state index is 11.5. The molecule has 0 radical (unpaired) electrons. The molecule has 0 N–H and O–H groups in total. The summed E-state index contributed by atoms with van der Waals surface area (Å²) in [5, 5.41) is 0. The molecule has 0 saturated carbocycles. The van der Waals surface area contributed by atoms with Gasteiger partial charge in [0.15, 0.2) is 0 Å². The molecule has 0 rings (SSSR count). The van der Waals surface area contributed by atoms with Gasteiger partial charge < -0.3 is 9.47 Å². The van der Waals surface area contributed by atoms with Gasteiger partial charge >= 0.3 is 5.97 Å². The van der Waals surface area contributed by atoms with Crippen LogP contribution in [0.3, 0.4) is 0 Å². The molecule has 0 aromatic rings. The van der Waals surface area contributed by atoms with Gasteiger partial charge in [0.2, 0.25) is 0 Å². The zero-order valence-corrected chi connectivity index (χ0v) is 17.5. The van der Waals surface area contributed by atoms with Crippen LogP contribution in [0.25, 0.3) is 0 Å². The third-order valence-electron chi connectivity index (χ3n) is 4.13. The first-order chi connectivity index (χ1) is 12.7. The standard InChI is InChI=1S/C23H42O3/c1-4-5-6-7-8-9-10-11-12-13-14-15-16-17-18-19-23(24)26-21-20-25-22(2)3/h8-9,11-12,22H,4-7,10,13-21H2,1-3H3. The summed E-state index contributed by atoms with van der Waals surface area (Å²) in [6, 6.07) is 0. The summed E-state index contributed by atoms with van der Waals surface area (Å²) in [6.07, 6.45) is 23.0. The van der Waals surface area contributed by atoms with E-state index in [0.29, 0.717) is 19.6 Å². The lowest BCUT2D eigenvalue weighted by atomic mass is 10.1. The number of unbranched alkanes of at least 4 members (excludes halogenated alkanes) is 8. The van der Waals surface area contributed by atoms with Crippen molar-refractivity contribution in [1.29, 1.82) is 0 Å². The number of carbonyl (C=O) groups is 1. The molecule has 0 saturated heterocycles. The molecule has 152 valence electrons. The molecule has 0 unspecified atom stereocenters. The Bertz CT molecular complexity index is 358. The summed E-state index contributed by atoms with van der Waals surface area (Å²) in [6.45, 7) is 7.06. The van der Waals surface area contributed by atoms with Crippen LogP contribution in [0.1, 0.15) is 97.8 Å². The van der Waals surface area contributed by atoms with Crippen LogP contribution in [-0.4, -0.2) is 25.3 Å². The molecule has 0 bridgehead atoms. The van der Waals surface area contributed by atoms with Crippen molar-refractivity contribution < 1.29 is 14.3 Å². The monoisotopic (exact) mass is 366 g/mol. The van der Waals surface area contributed by atoms with Crippen molar-refractivity contribution in [3.8, 4) is 0 Å². The molecule has 0 aliphatic carbocycles. The van der Waals surface area contributed by atoms with Crippen LogP contribution in [0, 0.1) is 0 Å². The maximum Gasteiger partial charge on any atom is 0.305 e. The second-order valence-corrected chi connectivity index (χ2v) is 7.12. The highest BCUT2D eigenvalue weighted by Crippen LogP contribution is 2.08. The minimum atomic E-state index is -0.0944. The van der Waals surface area contributed by atoms with Crippen LogP contribution in [0.5, 0.6) is 0 Å². The van der Waals surface area contributed by atoms with E-state index in [2.05, 4.69) is 31.2 Å². The normalized spacial score (nSPS) is 11.8. The molecule has 0 spiro atoms. The van der Waals surface area contributed by atoms with Gasteiger partial charge in [-0.05, 0) is 52.4 Å². The molecule has 0 aromatic carbocycles. The van der Waals surface area contributed by atoms with Gasteiger partial charge in [-0.1, -0.05) is 63.3 Å². The second kappa shape index (κ2) is 20.2. The minimum Gasteiger partial charge on any atom is -0.463 e. The molecule has 0 atom stereocenters. The van der Waals surface area contributed by atoms with Crippen LogP contribution in [0.4, 0.5) is 0 Å². The lowest BCUT2D eigenvalue weighted by Gasteiger charge is -2.08. The Kier molecular flexibility index (Phi) is 19.4. The summed E-state index contributed by atoms with van der Waals surface area (Å²) in [4.78, 5) is 11.5. The van der Waals surface area contributed by atoms with Gasteiger partial charge in [-0.25, -0.2) is 0 Å². The van der Waals surface area contributed by atoms with E-state index < -0.39 is 0 Å². The Balaban J connectivity index is 3.27. The van der Waals surface area contributed by atoms with Crippen molar-refractivity contribution in [3.63, 3.8) is 0 Å². The number of hydrogen-bond donors (Lipinski definition) is 0. The van der Waals surface area contributed by atoms with Gasteiger partial charge in [0.25, 0.3) is 0 Å². The topological polar surface area (TPSA) is 35.5 Å². The quantitative estimate of drug-likeness (QED) is 0.152. The van der Waals surface area contributed by atoms with E-state index in [1.54, 1.807) is 0 Å². The first kappa shape index (κ1) is 24.9. The Hall–Kier alpha value is -1.09. The predicted molar refractivity (Wildman–Crippen MR) is 111 cm³/mol. The minimum absolute atomic E-state index is 0.0944. The third kappa shape index (κ3) is 21.0. The van der Waals surface area contributed by atoms with E-state index in [0.717, 1.165) is 19.3 Å². The summed E-state index contributed by atoms with van der Waals surface area (Å²) < 4.78 is 10.5. The lowest BCUT2D eigenvalue weighted by molar-refractivity contribution is -0.145. The Morgan fingerprint density at radius 3 is 2.08 bits per heavy atom. The molecule has 0 heterocycles. The number of hydrogen-bond acceptors (Lipinski definition) is 3. The van der Waals surface area contributed by atoms with Crippen LogP contribution < -0.4 is 0 Å². The Morgan fingerprint density at radius 2 is 1.42 bits per heavy atom. The Morgan fingerprint density at radius 1 is 0.808 bits per heavy atom. The molecule has 0 amide bonds. The van der Waals surface area contributed by atoms with Crippen LogP contribution >= 0.6 is 0 Å². The SMILES string of the molecule is CCCCCC=CCC=CCCCCCCCC(=O)OCCOC(C)C. The van der Waals surface area contributed by atoms with Crippen molar-refractivity contribution in [2.75, 3.05) is 13.2 Å². The largest absolute Gasteiger partial charge is 0.463 e. The highest BCUT2D eigenvalue weighted by atomic mass is 16.6. The Labute approximate surface area is 162 Å². The van der Waals surface area contributed by atoms with Crippen molar-refractivity contribution in [1.82, 2.24) is 0 Å². The fourth-order valence-electron chi connectivity index (χ4n) is 2.59. The first-order valence-electron chi connectivity index (χ1n) is 10.7. The molecule has 0 aliphatic heterocycles. The molecular formula is C23H42O3. The maximum absolute atomic E-state index is 11.5. The first-order valence-corrected chi connectivity index (χ1v) is 10.7. The van der Waals surface area contributed by atoms with Crippen molar-refractivity contribution >= 4 is 5.97 Å². The molecule has 0 aromatic heterocycles. The highest BCUT2D eigenvalue weighted by Gasteiger charge is 2.02. The smallest absolute Gasteiger partial charge is 0.305 e. The summed E-state index contributed by atoms with van der Waals surface area (Å²) in [5.41, 5.74) is 0. The van der Waals surface area contributed by atoms with E-state index >= 15 is 0 Å². The van der Waals surface area contributed by atoms with Crippen LogP contribution in [0.2, 0.25) is 0 Å². The van der Waals surface area contributed by atoms with Gasteiger partial charge in [0.1, 0.15) is 6.61 Å². The van der Waals surface area contributed by atoms with Crippen molar-refractivity contribution in [2.24, 2.45) is 0 Å². The molecule has 3 nitrogen and oxygen atoms in total. The third-order valence-corrected chi connectivity index (χ3v) is 4.13. The molecule has 3 heteroatoms. The van der Waals surface area contributed by atoms with Crippen molar-refractivity contribution in [2.45, 2.75) is 104 Å². The number of carbonyl (C=O) groups excluding carboxylic acids is 1. The van der Waals surface area contributed by atoms with E-state index in [1.165, 1.54) is 51.4 Å². The van der Waals surface area contributed by atoms with Gasteiger partial charge in [0.05, 0.1) is 12.7 Å². The van der Waals surface area contributed by atoms with E-state index in [4.69, 9.17) is 9.47 Å². The lowest BCUT2D eigenvalue weighted by Crippen LogP contribution is -2.13. The number of rotatable bonds is 18. The molecule has 0 aliphatic rings. The van der Waals surface area contributed by atoms with Crippen LogP contribution in [-0.2, 0) is 14.3 Å². The zero-order valence-electron chi connectivity index (χ0n) is 17.5. The van der Waals surface area contributed by atoms with Gasteiger partial charge in [-0.15, -0.1) is 0 Å². The van der Waals surface area contributed by atoms with E-state index in [-0.39, 0.29) is 12.1 Å². The van der Waals surface area contributed by atoms with E-state index in [9.17, 15) is 4.79 Å².